The zero-order valence-corrected chi connectivity index (χ0v) is 11.3. The molecular formula is C13H17N3O5. The highest BCUT2D eigenvalue weighted by molar-refractivity contribution is 5.98. The van der Waals surface area contributed by atoms with Crippen LogP contribution in [0.4, 0.5) is 5.69 Å². The van der Waals surface area contributed by atoms with Gasteiger partial charge in [0, 0.05) is 19.3 Å². The number of hydrogen-bond acceptors (Lipinski definition) is 6. The molecule has 21 heavy (non-hydrogen) atoms. The topological polar surface area (TPSA) is 112 Å². The molecule has 8 heteroatoms. The van der Waals surface area contributed by atoms with E-state index in [0.29, 0.717) is 32.0 Å². The van der Waals surface area contributed by atoms with Crippen LogP contribution in [-0.2, 0) is 14.3 Å². The van der Waals surface area contributed by atoms with Gasteiger partial charge in [0.2, 0.25) is 0 Å². The van der Waals surface area contributed by atoms with E-state index in [2.05, 4.69) is 10.3 Å². The molecule has 8 nitrogen and oxygen atoms in total. The largest absolute Gasteiger partial charge is 0.380 e. The Hall–Kier alpha value is -2.03. The summed E-state index contributed by atoms with van der Waals surface area (Å²) in [4.78, 5) is 28.9. The molecule has 0 aromatic carbocycles. The number of pyridine rings is 1. The van der Waals surface area contributed by atoms with Gasteiger partial charge in [0.15, 0.2) is 12.2 Å². The van der Waals surface area contributed by atoms with Gasteiger partial charge in [-0.25, -0.2) is 0 Å². The maximum atomic E-state index is 12.0. The highest BCUT2D eigenvalue weighted by atomic mass is 16.5. The molecule has 1 aromatic rings. The SMILES string of the molecule is O=C(Nc1cccnc1)[C@H](O)[C@@H](O)C(=O)N1CCOCC1. The average Bonchev–Trinajstić information content (AvgIpc) is 2.54. The number of nitrogens with zero attached hydrogens (tertiary/aromatic N) is 2. The normalized spacial score (nSPS) is 17.9. The number of carbonyl (C=O) groups excluding carboxylic acids is 2. The number of aliphatic hydroxyl groups excluding tert-OH is 2. The molecule has 1 saturated heterocycles. The number of anilines is 1. The van der Waals surface area contributed by atoms with Crippen molar-refractivity contribution < 1.29 is 24.5 Å². The van der Waals surface area contributed by atoms with E-state index in [4.69, 9.17) is 4.74 Å². The molecule has 2 amide bonds. The molecular weight excluding hydrogens is 278 g/mol. The van der Waals surface area contributed by atoms with Crippen LogP contribution in [0.5, 0.6) is 0 Å². The van der Waals surface area contributed by atoms with E-state index >= 15 is 0 Å². The Balaban J connectivity index is 1.93. The zero-order valence-electron chi connectivity index (χ0n) is 11.3. The van der Waals surface area contributed by atoms with Crippen LogP contribution in [0, 0.1) is 0 Å². The minimum Gasteiger partial charge on any atom is -0.380 e. The summed E-state index contributed by atoms with van der Waals surface area (Å²) < 4.78 is 5.09. The molecule has 1 fully saturated rings. The summed E-state index contributed by atoms with van der Waals surface area (Å²) in [6, 6.07) is 3.19. The number of carbonyl (C=O) groups is 2. The Morgan fingerprint density at radius 3 is 2.62 bits per heavy atom. The third-order valence-corrected chi connectivity index (χ3v) is 3.07. The molecule has 114 valence electrons. The fourth-order valence-corrected chi connectivity index (χ4v) is 1.90. The first-order valence-corrected chi connectivity index (χ1v) is 6.53. The minimum atomic E-state index is -1.85. The second-order valence-corrected chi connectivity index (χ2v) is 4.56. The van der Waals surface area contributed by atoms with Crippen molar-refractivity contribution in [3.05, 3.63) is 24.5 Å². The molecule has 3 N–H and O–H groups in total. The fraction of sp³-hybridized carbons (Fsp3) is 0.462. The summed E-state index contributed by atoms with van der Waals surface area (Å²) in [5, 5.41) is 22.0. The van der Waals surface area contributed by atoms with Crippen molar-refractivity contribution in [2.45, 2.75) is 12.2 Å². The van der Waals surface area contributed by atoms with Gasteiger partial charge in [0.1, 0.15) is 0 Å². The minimum absolute atomic E-state index is 0.326. The second-order valence-electron chi connectivity index (χ2n) is 4.56. The number of hydrogen-bond donors (Lipinski definition) is 3. The summed E-state index contributed by atoms with van der Waals surface area (Å²) in [7, 11) is 0. The lowest BCUT2D eigenvalue weighted by Gasteiger charge is -2.29. The predicted octanol–water partition coefficient (Wildman–Crippen LogP) is -1.40. The molecule has 1 aromatic heterocycles. The number of aromatic nitrogens is 1. The van der Waals surface area contributed by atoms with Crippen molar-refractivity contribution in [2.75, 3.05) is 31.6 Å². The Morgan fingerprint density at radius 1 is 1.29 bits per heavy atom. The van der Waals surface area contributed by atoms with Gasteiger partial charge in [0.25, 0.3) is 11.8 Å². The lowest BCUT2D eigenvalue weighted by molar-refractivity contribution is -0.154. The molecule has 0 unspecified atom stereocenters. The van der Waals surface area contributed by atoms with Gasteiger partial charge in [-0.1, -0.05) is 0 Å². The van der Waals surface area contributed by atoms with Crippen LogP contribution in [0.3, 0.4) is 0 Å². The monoisotopic (exact) mass is 295 g/mol. The van der Waals surface area contributed by atoms with Crippen LogP contribution in [0.2, 0.25) is 0 Å². The summed E-state index contributed by atoms with van der Waals surface area (Å²) in [5.74, 6) is -1.55. The molecule has 0 bridgehead atoms. The average molecular weight is 295 g/mol. The van der Waals surface area contributed by atoms with Crippen LogP contribution in [0.15, 0.2) is 24.5 Å². The van der Waals surface area contributed by atoms with Gasteiger partial charge in [0.05, 0.1) is 25.1 Å². The molecule has 0 spiro atoms. The number of amides is 2. The van der Waals surface area contributed by atoms with Gasteiger partial charge in [-0.05, 0) is 12.1 Å². The molecule has 2 rings (SSSR count). The molecule has 1 aliphatic heterocycles. The maximum absolute atomic E-state index is 12.0. The lowest BCUT2D eigenvalue weighted by atomic mass is 10.1. The van der Waals surface area contributed by atoms with Crippen molar-refractivity contribution >= 4 is 17.5 Å². The lowest BCUT2D eigenvalue weighted by Crippen LogP contribution is -2.52. The third-order valence-electron chi connectivity index (χ3n) is 3.07. The number of ether oxygens (including phenoxy) is 1. The quantitative estimate of drug-likeness (QED) is 0.630. The van der Waals surface area contributed by atoms with E-state index in [1.807, 2.05) is 0 Å². The van der Waals surface area contributed by atoms with Crippen LogP contribution >= 0.6 is 0 Å². The van der Waals surface area contributed by atoms with Crippen molar-refractivity contribution in [1.82, 2.24) is 9.88 Å². The van der Waals surface area contributed by atoms with Gasteiger partial charge in [-0.15, -0.1) is 0 Å². The molecule has 2 atom stereocenters. The zero-order chi connectivity index (χ0) is 15.2. The Bertz CT molecular complexity index is 490. The van der Waals surface area contributed by atoms with Crippen molar-refractivity contribution in [3.8, 4) is 0 Å². The smallest absolute Gasteiger partial charge is 0.256 e. The summed E-state index contributed by atoms with van der Waals surface area (Å²) >= 11 is 0. The molecule has 1 aliphatic rings. The van der Waals surface area contributed by atoms with Gasteiger partial charge in [-0.3, -0.25) is 14.6 Å². The molecule has 0 radical (unpaired) electrons. The standard InChI is InChI=1S/C13H17N3O5/c17-10(12(19)15-9-2-1-3-14-8-9)11(18)13(20)16-4-6-21-7-5-16/h1-3,8,10-11,17-18H,4-7H2,(H,15,19)/t10-,11-/m1/s1. The van der Waals surface area contributed by atoms with Gasteiger partial charge in [-0.2, -0.15) is 0 Å². The first-order chi connectivity index (χ1) is 10.1. The Morgan fingerprint density at radius 2 is 2.00 bits per heavy atom. The third kappa shape index (κ3) is 3.97. The van der Waals surface area contributed by atoms with Crippen LogP contribution in [-0.4, -0.2) is 70.4 Å². The summed E-state index contributed by atoms with van der Waals surface area (Å²) in [6.07, 6.45) is -0.732. The Kier molecular flexibility index (Phi) is 5.20. The van der Waals surface area contributed by atoms with E-state index in [1.165, 1.54) is 17.3 Å². The van der Waals surface area contributed by atoms with Crippen molar-refractivity contribution in [3.63, 3.8) is 0 Å². The first-order valence-electron chi connectivity index (χ1n) is 6.53. The number of morpholine rings is 1. The van der Waals surface area contributed by atoms with Crippen LogP contribution in [0.25, 0.3) is 0 Å². The fourth-order valence-electron chi connectivity index (χ4n) is 1.90. The highest BCUT2D eigenvalue weighted by Gasteiger charge is 2.33. The second kappa shape index (κ2) is 7.11. The van der Waals surface area contributed by atoms with E-state index in [-0.39, 0.29) is 0 Å². The molecule has 0 saturated carbocycles. The van der Waals surface area contributed by atoms with E-state index in [9.17, 15) is 19.8 Å². The van der Waals surface area contributed by atoms with Crippen molar-refractivity contribution in [1.29, 1.82) is 0 Å². The maximum Gasteiger partial charge on any atom is 0.256 e. The molecule has 2 heterocycles. The summed E-state index contributed by atoms with van der Waals surface area (Å²) in [6.45, 7) is 1.40. The number of rotatable bonds is 4. The van der Waals surface area contributed by atoms with E-state index in [0.717, 1.165) is 0 Å². The highest BCUT2D eigenvalue weighted by Crippen LogP contribution is 2.08. The van der Waals surface area contributed by atoms with Crippen LogP contribution < -0.4 is 5.32 Å². The number of nitrogens with one attached hydrogen (secondary N) is 1. The first kappa shape index (κ1) is 15.4. The van der Waals surface area contributed by atoms with E-state index in [1.54, 1.807) is 12.1 Å². The molecule has 0 aliphatic carbocycles. The van der Waals surface area contributed by atoms with Crippen molar-refractivity contribution in [2.24, 2.45) is 0 Å². The predicted molar refractivity (Wildman–Crippen MR) is 72.3 cm³/mol. The van der Waals surface area contributed by atoms with Gasteiger partial charge >= 0.3 is 0 Å². The number of aliphatic hydroxyl groups is 2. The van der Waals surface area contributed by atoms with E-state index < -0.39 is 24.0 Å². The van der Waals surface area contributed by atoms with Crippen LogP contribution in [0.1, 0.15) is 0 Å². The Labute approximate surface area is 121 Å². The summed E-state index contributed by atoms with van der Waals surface area (Å²) in [5.41, 5.74) is 0.368. The van der Waals surface area contributed by atoms with Gasteiger partial charge < -0.3 is 25.2 Å².